The molecule has 4 nitrogen and oxygen atoms in total. The van der Waals surface area contributed by atoms with Crippen molar-refractivity contribution in [1.29, 1.82) is 0 Å². The zero-order valence-electron chi connectivity index (χ0n) is 10.3. The number of rotatable bonds is 4. The highest BCUT2D eigenvalue weighted by Gasteiger charge is 2.26. The summed E-state index contributed by atoms with van der Waals surface area (Å²) in [6, 6.07) is 5.35. The van der Waals surface area contributed by atoms with E-state index in [0.717, 1.165) is 4.47 Å². The summed E-state index contributed by atoms with van der Waals surface area (Å²) in [5, 5.41) is 2.77. The number of carbonyl (C=O) groups is 1. The van der Waals surface area contributed by atoms with Gasteiger partial charge in [-0.15, -0.1) is 0 Å². The second-order valence-corrected chi connectivity index (χ2v) is 4.87. The highest BCUT2D eigenvalue weighted by Crippen LogP contribution is 2.28. The summed E-state index contributed by atoms with van der Waals surface area (Å²) in [5.41, 5.74) is -0.194. The third-order valence-corrected chi connectivity index (χ3v) is 3.12. The van der Waals surface area contributed by atoms with Crippen molar-refractivity contribution in [2.75, 3.05) is 19.5 Å². The molecule has 17 heavy (non-hydrogen) atoms. The fraction of sp³-hybridized carbons (Fsp3) is 0.417. The smallest absolute Gasteiger partial charge is 0.256 e. The Bertz CT molecular complexity index is 418. The first-order valence-electron chi connectivity index (χ1n) is 5.11. The van der Waals surface area contributed by atoms with Gasteiger partial charge in [-0.1, -0.05) is 0 Å². The van der Waals surface area contributed by atoms with E-state index in [9.17, 15) is 4.79 Å². The van der Waals surface area contributed by atoms with Crippen LogP contribution in [0.3, 0.4) is 0 Å². The number of hydrogen-bond acceptors (Lipinski definition) is 3. The Kier molecular flexibility index (Phi) is 4.54. The molecule has 0 saturated heterocycles. The van der Waals surface area contributed by atoms with Crippen LogP contribution in [0.5, 0.6) is 5.75 Å². The van der Waals surface area contributed by atoms with Gasteiger partial charge in [0.25, 0.3) is 5.91 Å². The van der Waals surface area contributed by atoms with E-state index in [1.807, 2.05) is 6.07 Å². The molecule has 1 aromatic rings. The highest BCUT2D eigenvalue weighted by atomic mass is 79.9. The van der Waals surface area contributed by atoms with Crippen LogP contribution in [0.1, 0.15) is 13.8 Å². The number of carbonyl (C=O) groups excluding carboxylic acids is 1. The molecule has 0 aromatic heterocycles. The van der Waals surface area contributed by atoms with Crippen LogP contribution >= 0.6 is 15.9 Å². The fourth-order valence-electron chi connectivity index (χ4n) is 1.11. The van der Waals surface area contributed by atoms with Gasteiger partial charge in [0.05, 0.1) is 11.6 Å². The van der Waals surface area contributed by atoms with Gasteiger partial charge in [0.15, 0.2) is 0 Å². The zero-order valence-corrected chi connectivity index (χ0v) is 11.9. The van der Waals surface area contributed by atoms with E-state index < -0.39 is 5.60 Å². The molecule has 0 saturated carbocycles. The van der Waals surface area contributed by atoms with Crippen molar-refractivity contribution in [1.82, 2.24) is 0 Å². The minimum atomic E-state index is -0.861. The van der Waals surface area contributed by atoms with Crippen LogP contribution in [0.15, 0.2) is 22.7 Å². The van der Waals surface area contributed by atoms with Gasteiger partial charge < -0.3 is 14.8 Å². The van der Waals surface area contributed by atoms with Crippen LogP contribution in [-0.2, 0) is 9.53 Å². The van der Waals surface area contributed by atoms with Gasteiger partial charge in [0.1, 0.15) is 11.4 Å². The molecule has 0 atom stereocenters. The molecular weight excluding hydrogens is 286 g/mol. The molecule has 0 aliphatic carbocycles. The number of methoxy groups -OCH3 is 2. The third kappa shape index (κ3) is 3.44. The van der Waals surface area contributed by atoms with Gasteiger partial charge in [-0.25, -0.2) is 0 Å². The lowest BCUT2D eigenvalue weighted by Gasteiger charge is -2.21. The Hall–Kier alpha value is -1.07. The normalized spacial score (nSPS) is 11.1. The SMILES string of the molecule is COc1cc(NC(=O)C(C)(C)OC)ccc1Br. The highest BCUT2D eigenvalue weighted by molar-refractivity contribution is 9.10. The maximum atomic E-state index is 11.9. The maximum Gasteiger partial charge on any atom is 0.256 e. The minimum absolute atomic E-state index is 0.204. The molecule has 1 N–H and O–H groups in total. The summed E-state index contributed by atoms with van der Waals surface area (Å²) in [4.78, 5) is 11.9. The van der Waals surface area contributed by atoms with Crippen molar-refractivity contribution in [3.8, 4) is 5.75 Å². The van der Waals surface area contributed by atoms with Crippen LogP contribution < -0.4 is 10.1 Å². The second-order valence-electron chi connectivity index (χ2n) is 4.02. The van der Waals surface area contributed by atoms with Crippen LogP contribution in [0, 0.1) is 0 Å². The van der Waals surface area contributed by atoms with E-state index in [1.165, 1.54) is 7.11 Å². The van der Waals surface area contributed by atoms with Crippen LogP contribution in [-0.4, -0.2) is 25.7 Å². The molecule has 94 valence electrons. The van der Waals surface area contributed by atoms with Gasteiger partial charge in [-0.2, -0.15) is 0 Å². The molecule has 1 aromatic carbocycles. The average Bonchev–Trinajstić information content (AvgIpc) is 2.31. The first kappa shape index (κ1) is 14.0. The topological polar surface area (TPSA) is 47.6 Å². The molecule has 0 radical (unpaired) electrons. The Morgan fingerprint density at radius 3 is 2.53 bits per heavy atom. The van der Waals surface area contributed by atoms with Crippen LogP contribution in [0.25, 0.3) is 0 Å². The van der Waals surface area contributed by atoms with Gasteiger partial charge in [-0.3, -0.25) is 4.79 Å². The number of hydrogen-bond donors (Lipinski definition) is 1. The predicted octanol–water partition coefficient (Wildman–Crippen LogP) is 2.82. The summed E-state index contributed by atoms with van der Waals surface area (Å²) in [6.45, 7) is 3.41. The van der Waals surface area contributed by atoms with Crippen LogP contribution in [0.4, 0.5) is 5.69 Å². The number of amides is 1. The second kappa shape index (κ2) is 5.51. The number of anilines is 1. The first-order chi connectivity index (χ1) is 7.90. The standard InChI is InChI=1S/C12H16BrNO3/c1-12(2,17-4)11(15)14-8-5-6-9(13)10(7-8)16-3/h5-7H,1-4H3,(H,14,15). The first-order valence-corrected chi connectivity index (χ1v) is 5.90. The van der Waals surface area contributed by atoms with Crippen molar-refractivity contribution in [2.45, 2.75) is 19.4 Å². The molecule has 0 aliphatic heterocycles. The van der Waals surface area contributed by atoms with Crippen molar-refractivity contribution in [3.63, 3.8) is 0 Å². The van der Waals surface area contributed by atoms with E-state index in [1.54, 1.807) is 33.1 Å². The van der Waals surface area contributed by atoms with Gasteiger partial charge in [-0.05, 0) is 41.9 Å². The molecule has 0 spiro atoms. The van der Waals surface area contributed by atoms with Gasteiger partial charge in [0.2, 0.25) is 0 Å². The quantitative estimate of drug-likeness (QED) is 0.930. The summed E-state index contributed by atoms with van der Waals surface area (Å²) >= 11 is 3.35. The number of nitrogens with one attached hydrogen (secondary N) is 1. The third-order valence-electron chi connectivity index (χ3n) is 2.47. The Balaban J connectivity index is 2.86. The molecule has 0 bridgehead atoms. The number of benzene rings is 1. The van der Waals surface area contributed by atoms with E-state index in [-0.39, 0.29) is 5.91 Å². The molecule has 0 aliphatic rings. The Labute approximate surface area is 109 Å². The van der Waals surface area contributed by atoms with Crippen molar-refractivity contribution >= 4 is 27.5 Å². The average molecular weight is 302 g/mol. The fourth-order valence-corrected chi connectivity index (χ4v) is 1.52. The number of ether oxygens (including phenoxy) is 2. The minimum Gasteiger partial charge on any atom is -0.495 e. The molecule has 0 fully saturated rings. The van der Waals surface area contributed by atoms with Gasteiger partial charge in [0, 0.05) is 18.9 Å². The number of halogens is 1. The Morgan fingerprint density at radius 2 is 2.00 bits per heavy atom. The van der Waals surface area contributed by atoms with E-state index >= 15 is 0 Å². The lowest BCUT2D eigenvalue weighted by molar-refractivity contribution is -0.133. The van der Waals surface area contributed by atoms with Gasteiger partial charge >= 0.3 is 0 Å². The van der Waals surface area contributed by atoms with Crippen LogP contribution in [0.2, 0.25) is 0 Å². The molecule has 1 amide bonds. The molecule has 1 rings (SSSR count). The maximum absolute atomic E-state index is 11.9. The summed E-state index contributed by atoms with van der Waals surface area (Å²) in [7, 11) is 3.08. The van der Waals surface area contributed by atoms with E-state index in [4.69, 9.17) is 9.47 Å². The largest absolute Gasteiger partial charge is 0.495 e. The van der Waals surface area contributed by atoms with Crippen molar-refractivity contribution < 1.29 is 14.3 Å². The molecule has 5 heteroatoms. The van der Waals surface area contributed by atoms with E-state index in [0.29, 0.717) is 11.4 Å². The summed E-state index contributed by atoms with van der Waals surface area (Å²) < 4.78 is 11.1. The van der Waals surface area contributed by atoms with Crippen molar-refractivity contribution in [2.24, 2.45) is 0 Å². The molecule has 0 heterocycles. The van der Waals surface area contributed by atoms with E-state index in [2.05, 4.69) is 21.2 Å². The summed E-state index contributed by atoms with van der Waals surface area (Å²) in [6.07, 6.45) is 0. The zero-order chi connectivity index (χ0) is 13.1. The Morgan fingerprint density at radius 1 is 1.35 bits per heavy atom. The van der Waals surface area contributed by atoms with Crippen molar-refractivity contribution in [3.05, 3.63) is 22.7 Å². The lowest BCUT2D eigenvalue weighted by atomic mass is 10.1. The lowest BCUT2D eigenvalue weighted by Crippen LogP contribution is -2.38. The predicted molar refractivity (Wildman–Crippen MR) is 70.4 cm³/mol. The monoisotopic (exact) mass is 301 g/mol. The molecule has 0 unspecified atom stereocenters. The molecular formula is C12H16BrNO3. The summed E-state index contributed by atoms with van der Waals surface area (Å²) in [5.74, 6) is 0.461.